The molecule has 0 unspecified atom stereocenters. The first-order valence-corrected chi connectivity index (χ1v) is 8.78. The van der Waals surface area contributed by atoms with Crippen LogP contribution in [0.25, 0.3) is 0 Å². The second-order valence-electron chi connectivity index (χ2n) is 7.20. The molecule has 2 atom stereocenters. The minimum absolute atomic E-state index is 0.0524. The molecule has 1 N–H and O–H groups in total. The van der Waals surface area contributed by atoms with Gasteiger partial charge in [-0.05, 0) is 31.7 Å². The predicted molar refractivity (Wildman–Crippen MR) is 93.3 cm³/mol. The summed E-state index contributed by atoms with van der Waals surface area (Å²) in [7, 11) is 0. The maximum Gasteiger partial charge on any atom is 0.225 e. The number of aromatic nitrogens is 2. The highest BCUT2D eigenvalue weighted by atomic mass is 16.2. The lowest BCUT2D eigenvalue weighted by Crippen LogP contribution is -2.53. The number of H-pyrrole nitrogens is 1. The molecule has 0 bridgehead atoms. The molecule has 1 aromatic rings. The van der Waals surface area contributed by atoms with E-state index in [1.54, 1.807) is 0 Å². The molecule has 0 aromatic carbocycles. The van der Waals surface area contributed by atoms with E-state index in [2.05, 4.69) is 35.0 Å². The molecule has 0 saturated carbocycles. The van der Waals surface area contributed by atoms with Crippen molar-refractivity contribution < 1.29 is 4.79 Å². The van der Waals surface area contributed by atoms with Crippen molar-refractivity contribution in [1.29, 1.82) is 5.26 Å². The van der Waals surface area contributed by atoms with Gasteiger partial charge in [-0.2, -0.15) is 10.4 Å². The molecule has 0 aliphatic carbocycles. The van der Waals surface area contributed by atoms with Crippen LogP contribution in [-0.2, 0) is 11.2 Å². The fourth-order valence-electron chi connectivity index (χ4n) is 3.45. The topological polar surface area (TPSA) is 76.0 Å². The maximum absolute atomic E-state index is 12.7. The summed E-state index contributed by atoms with van der Waals surface area (Å²) in [6.45, 7) is 13.1. The molecule has 0 spiro atoms. The standard InChI is InChI=1S/C18H29N5O/c1-12(2)17(11-19)22-6-8-23(9-7-22)18(24)13(3)10-16-14(4)20-21-15(16)5/h12-13,17H,6-10H2,1-5H3,(H,20,21)/t13-,17+/m1/s1. The molecule has 2 heterocycles. The molecule has 6 nitrogen and oxygen atoms in total. The van der Waals surface area contributed by atoms with Gasteiger partial charge in [0.25, 0.3) is 0 Å². The Kier molecular flexibility index (Phi) is 6.00. The number of hydrogen-bond donors (Lipinski definition) is 1. The van der Waals surface area contributed by atoms with E-state index in [0.717, 1.165) is 36.5 Å². The van der Waals surface area contributed by atoms with E-state index in [1.165, 1.54) is 0 Å². The first kappa shape index (κ1) is 18.5. The molecule has 132 valence electrons. The third kappa shape index (κ3) is 3.96. The van der Waals surface area contributed by atoms with Crippen LogP contribution in [0.3, 0.4) is 0 Å². The fourth-order valence-corrected chi connectivity index (χ4v) is 3.45. The number of nitrogens with zero attached hydrogens (tertiary/aromatic N) is 4. The molecule has 6 heteroatoms. The zero-order valence-electron chi connectivity index (χ0n) is 15.5. The SMILES string of the molecule is Cc1n[nH]c(C)c1C[C@@H](C)C(=O)N1CCN([C@@H](C#N)C(C)C)CC1. The monoisotopic (exact) mass is 331 g/mol. The van der Waals surface area contributed by atoms with E-state index in [1.807, 2.05) is 25.7 Å². The van der Waals surface area contributed by atoms with Crippen LogP contribution in [0.5, 0.6) is 0 Å². The Morgan fingerprint density at radius 1 is 1.25 bits per heavy atom. The fraction of sp³-hybridized carbons (Fsp3) is 0.722. The molecule has 0 radical (unpaired) electrons. The van der Waals surface area contributed by atoms with Gasteiger partial charge in [0, 0.05) is 37.8 Å². The average Bonchev–Trinajstić information content (AvgIpc) is 2.87. The summed E-state index contributed by atoms with van der Waals surface area (Å²) in [5.74, 6) is 0.458. The number of amides is 1. The summed E-state index contributed by atoms with van der Waals surface area (Å²) in [5.41, 5.74) is 3.18. The Morgan fingerprint density at radius 3 is 2.33 bits per heavy atom. The van der Waals surface area contributed by atoms with Crippen LogP contribution in [0.1, 0.15) is 37.7 Å². The zero-order chi connectivity index (χ0) is 17.9. The number of aryl methyl sites for hydroxylation is 2. The highest BCUT2D eigenvalue weighted by molar-refractivity contribution is 5.79. The van der Waals surface area contributed by atoms with E-state index in [4.69, 9.17) is 0 Å². The first-order chi connectivity index (χ1) is 11.3. The van der Waals surface area contributed by atoms with Crippen molar-refractivity contribution in [2.75, 3.05) is 26.2 Å². The van der Waals surface area contributed by atoms with Gasteiger partial charge in [-0.1, -0.05) is 20.8 Å². The van der Waals surface area contributed by atoms with Crippen LogP contribution in [0.15, 0.2) is 0 Å². The molecule has 1 aliphatic rings. The Bertz CT molecular complexity index is 588. The van der Waals surface area contributed by atoms with Crippen molar-refractivity contribution in [2.24, 2.45) is 11.8 Å². The second-order valence-corrected chi connectivity index (χ2v) is 7.20. The molecular weight excluding hydrogens is 302 g/mol. The van der Waals surface area contributed by atoms with Crippen LogP contribution < -0.4 is 0 Å². The van der Waals surface area contributed by atoms with Gasteiger partial charge in [0.05, 0.1) is 11.8 Å². The lowest BCUT2D eigenvalue weighted by Gasteiger charge is -2.39. The van der Waals surface area contributed by atoms with Gasteiger partial charge in [0.15, 0.2) is 0 Å². The molecule has 1 aromatic heterocycles. The van der Waals surface area contributed by atoms with E-state index < -0.39 is 0 Å². The van der Waals surface area contributed by atoms with Gasteiger partial charge in [0.1, 0.15) is 6.04 Å². The van der Waals surface area contributed by atoms with Gasteiger partial charge in [-0.3, -0.25) is 14.8 Å². The minimum atomic E-state index is -0.0593. The number of nitriles is 1. The number of carbonyl (C=O) groups excluding carboxylic acids is 1. The van der Waals surface area contributed by atoms with Gasteiger partial charge in [0.2, 0.25) is 5.91 Å². The van der Waals surface area contributed by atoms with Crippen molar-refractivity contribution in [1.82, 2.24) is 20.0 Å². The minimum Gasteiger partial charge on any atom is -0.340 e. The summed E-state index contributed by atoms with van der Waals surface area (Å²) in [5, 5.41) is 16.5. The van der Waals surface area contributed by atoms with E-state index >= 15 is 0 Å². The van der Waals surface area contributed by atoms with Crippen molar-refractivity contribution in [3.8, 4) is 6.07 Å². The Labute approximate surface area is 144 Å². The molecular formula is C18H29N5O. The average molecular weight is 331 g/mol. The number of piperazine rings is 1. The second kappa shape index (κ2) is 7.80. The van der Waals surface area contributed by atoms with Gasteiger partial charge in [-0.15, -0.1) is 0 Å². The van der Waals surface area contributed by atoms with Crippen LogP contribution in [-0.4, -0.2) is 58.1 Å². The number of carbonyl (C=O) groups is 1. The highest BCUT2D eigenvalue weighted by Crippen LogP contribution is 2.19. The number of nitrogens with one attached hydrogen (secondary N) is 1. The molecule has 24 heavy (non-hydrogen) atoms. The van der Waals surface area contributed by atoms with E-state index in [0.29, 0.717) is 19.0 Å². The Hall–Kier alpha value is -1.87. The van der Waals surface area contributed by atoms with Gasteiger partial charge < -0.3 is 4.90 Å². The van der Waals surface area contributed by atoms with Gasteiger partial charge in [-0.25, -0.2) is 0 Å². The van der Waals surface area contributed by atoms with Crippen LogP contribution in [0, 0.1) is 37.0 Å². The highest BCUT2D eigenvalue weighted by Gasteiger charge is 2.29. The van der Waals surface area contributed by atoms with E-state index in [9.17, 15) is 10.1 Å². The van der Waals surface area contributed by atoms with Crippen molar-refractivity contribution >= 4 is 5.91 Å². The molecule has 2 rings (SSSR count). The Morgan fingerprint density at radius 2 is 1.88 bits per heavy atom. The number of rotatable bonds is 5. The third-order valence-corrected chi connectivity index (χ3v) is 5.00. The normalized spacial score (nSPS) is 18.5. The smallest absolute Gasteiger partial charge is 0.225 e. The maximum atomic E-state index is 12.7. The lowest BCUT2D eigenvalue weighted by molar-refractivity contribution is -0.137. The van der Waals surface area contributed by atoms with Gasteiger partial charge >= 0.3 is 0 Å². The quantitative estimate of drug-likeness (QED) is 0.894. The summed E-state index contributed by atoms with van der Waals surface area (Å²) in [6.07, 6.45) is 0.722. The van der Waals surface area contributed by atoms with Crippen molar-refractivity contribution in [3.63, 3.8) is 0 Å². The van der Waals surface area contributed by atoms with Crippen LogP contribution in [0.2, 0.25) is 0 Å². The van der Waals surface area contributed by atoms with Crippen LogP contribution >= 0.6 is 0 Å². The largest absolute Gasteiger partial charge is 0.340 e. The molecule has 1 amide bonds. The van der Waals surface area contributed by atoms with Crippen molar-refractivity contribution in [2.45, 2.75) is 47.1 Å². The first-order valence-electron chi connectivity index (χ1n) is 8.78. The molecule has 1 fully saturated rings. The summed E-state index contributed by atoms with van der Waals surface area (Å²) in [4.78, 5) is 16.9. The molecule has 1 aliphatic heterocycles. The third-order valence-electron chi connectivity index (χ3n) is 5.00. The Balaban J connectivity index is 1.92. The summed E-state index contributed by atoms with van der Waals surface area (Å²) < 4.78 is 0. The lowest BCUT2D eigenvalue weighted by atomic mass is 9.97. The predicted octanol–water partition coefficient (Wildman–Crippen LogP) is 1.90. The summed E-state index contributed by atoms with van der Waals surface area (Å²) >= 11 is 0. The summed E-state index contributed by atoms with van der Waals surface area (Å²) in [6, 6.07) is 2.33. The number of aromatic amines is 1. The zero-order valence-corrected chi connectivity index (χ0v) is 15.5. The van der Waals surface area contributed by atoms with Crippen molar-refractivity contribution in [3.05, 3.63) is 17.0 Å². The molecule has 1 saturated heterocycles. The van der Waals surface area contributed by atoms with Crippen LogP contribution in [0.4, 0.5) is 0 Å². The van der Waals surface area contributed by atoms with E-state index in [-0.39, 0.29) is 17.9 Å². The number of hydrogen-bond acceptors (Lipinski definition) is 4.